The van der Waals surface area contributed by atoms with Gasteiger partial charge in [-0.25, -0.2) is 17.7 Å². The molecular weight excluding hydrogens is 630 g/mol. The van der Waals surface area contributed by atoms with E-state index in [4.69, 9.17) is 9.47 Å². The number of aryl methyl sites for hydroxylation is 2. The van der Waals surface area contributed by atoms with Crippen LogP contribution in [0.15, 0.2) is 53.4 Å². The van der Waals surface area contributed by atoms with Gasteiger partial charge >= 0.3 is 6.11 Å². The van der Waals surface area contributed by atoms with Gasteiger partial charge in [0.25, 0.3) is 15.9 Å². The lowest BCUT2D eigenvalue weighted by Gasteiger charge is -2.33. The topological polar surface area (TPSA) is 111 Å². The molecule has 3 aromatic rings. The van der Waals surface area contributed by atoms with E-state index in [-0.39, 0.29) is 54.4 Å². The summed E-state index contributed by atoms with van der Waals surface area (Å²) in [5.74, 6) is -0.375. The Bertz CT molecular complexity index is 1590. The van der Waals surface area contributed by atoms with Crippen LogP contribution in [-0.4, -0.2) is 74.9 Å². The van der Waals surface area contributed by atoms with E-state index in [2.05, 4.69) is 14.7 Å². The summed E-state index contributed by atoms with van der Waals surface area (Å²) in [4.78, 5) is 24.6. The second kappa shape index (κ2) is 16.4. The normalized spacial score (nSPS) is 16.4. The minimum absolute atomic E-state index is 0.00802. The number of halogens is 2. The van der Waals surface area contributed by atoms with E-state index >= 15 is 0 Å². The molecule has 0 unspecified atom stereocenters. The van der Waals surface area contributed by atoms with Crippen LogP contribution in [0.3, 0.4) is 0 Å². The lowest BCUT2D eigenvalue weighted by Crippen LogP contribution is -2.45. The fourth-order valence-electron chi connectivity index (χ4n) is 5.33. The largest absolute Gasteiger partial charge is 0.475 e. The van der Waals surface area contributed by atoms with Crippen LogP contribution in [0, 0.1) is 19.8 Å². The molecule has 47 heavy (non-hydrogen) atoms. The van der Waals surface area contributed by atoms with Gasteiger partial charge in [-0.15, -0.1) is 0 Å². The Morgan fingerprint density at radius 2 is 1.72 bits per heavy atom. The first-order chi connectivity index (χ1) is 22.2. The van der Waals surface area contributed by atoms with Crippen LogP contribution < -0.4 is 9.04 Å². The van der Waals surface area contributed by atoms with Crippen molar-refractivity contribution in [3.05, 3.63) is 65.2 Å². The Balaban J connectivity index is 0.00000294. The maximum absolute atomic E-state index is 14.1. The molecule has 0 saturated carbocycles. The van der Waals surface area contributed by atoms with Gasteiger partial charge in [0.05, 0.1) is 23.2 Å². The van der Waals surface area contributed by atoms with Crippen molar-refractivity contribution in [1.29, 1.82) is 0 Å². The van der Waals surface area contributed by atoms with Gasteiger partial charge in [0.1, 0.15) is 13.3 Å². The van der Waals surface area contributed by atoms with Crippen LogP contribution in [0.2, 0.25) is 0 Å². The molecule has 1 aromatic heterocycles. The molecule has 2 aromatic carbocycles. The Hall–Kier alpha value is -3.68. The summed E-state index contributed by atoms with van der Waals surface area (Å²) < 4.78 is 72.0. The SMILES string of the molecule is CC.COCN1c2nc(cc(-c3c(C)cccc3C)n2)OC[C@@H](CC(C)C)N(CCCOC(C)(F)F)C(=O)c2cccc(c2)S1(=O)=O. The number of sulfonamides is 1. The number of hydrogen-bond donors (Lipinski definition) is 0. The molecule has 0 fully saturated rings. The maximum Gasteiger partial charge on any atom is 0.352 e. The van der Waals surface area contributed by atoms with Crippen LogP contribution in [-0.2, 0) is 19.5 Å². The number of amides is 1. The zero-order valence-corrected chi connectivity index (χ0v) is 29.2. The van der Waals surface area contributed by atoms with E-state index in [1.807, 2.05) is 59.7 Å². The molecule has 258 valence electrons. The molecule has 10 nitrogen and oxygen atoms in total. The number of rotatable bonds is 10. The quantitative estimate of drug-likeness (QED) is 0.214. The highest BCUT2D eigenvalue weighted by atomic mass is 32.2. The van der Waals surface area contributed by atoms with E-state index in [9.17, 15) is 22.0 Å². The number of alkyl halides is 2. The highest BCUT2D eigenvalue weighted by molar-refractivity contribution is 7.92. The van der Waals surface area contributed by atoms with Gasteiger partial charge in [-0.05, 0) is 61.9 Å². The number of methoxy groups -OCH3 is 1. The minimum atomic E-state index is -4.34. The average Bonchev–Trinajstić information content (AvgIpc) is 3.01. The van der Waals surface area contributed by atoms with Crippen molar-refractivity contribution in [1.82, 2.24) is 14.9 Å². The van der Waals surface area contributed by atoms with E-state index in [0.29, 0.717) is 19.0 Å². The van der Waals surface area contributed by atoms with Crippen molar-refractivity contribution in [3.63, 3.8) is 0 Å². The third kappa shape index (κ3) is 9.68. The third-order valence-electron chi connectivity index (χ3n) is 7.33. The van der Waals surface area contributed by atoms with Gasteiger partial charge in [-0.1, -0.05) is 52.0 Å². The van der Waals surface area contributed by atoms with Crippen molar-refractivity contribution in [3.8, 4) is 17.1 Å². The zero-order valence-electron chi connectivity index (χ0n) is 28.4. The summed E-state index contributed by atoms with van der Waals surface area (Å²) in [5, 5.41) is 0. The number of nitrogens with zero attached hydrogens (tertiary/aromatic N) is 4. The van der Waals surface area contributed by atoms with Crippen molar-refractivity contribution >= 4 is 21.9 Å². The zero-order chi connectivity index (χ0) is 34.9. The molecule has 2 heterocycles. The number of benzene rings is 2. The molecule has 1 atom stereocenters. The van der Waals surface area contributed by atoms with Gasteiger partial charge in [0, 0.05) is 37.8 Å². The number of carbonyl (C=O) groups is 1. The van der Waals surface area contributed by atoms with Crippen molar-refractivity contribution in [2.24, 2.45) is 5.92 Å². The molecule has 0 saturated heterocycles. The van der Waals surface area contributed by atoms with Gasteiger partial charge in [-0.2, -0.15) is 13.8 Å². The summed E-state index contributed by atoms with van der Waals surface area (Å²) in [7, 11) is -2.98. The number of carbonyl (C=O) groups excluding carboxylic acids is 1. The standard InChI is InChI=1S/C32H40F2N4O6S.C2H6/c1-21(2)16-25-19-43-28-18-27(29-22(3)10-7-11-23(29)4)35-31(36-28)38(20-42-6)45(40,41)26-13-8-12-24(17-26)30(39)37(25)14-9-15-44-32(5,33)34;1-2/h7-8,10-13,17-18,21,25H,9,14-16,19-20H2,1-6H3;1-2H3/t25-;/m1./s1. The first-order valence-corrected chi connectivity index (χ1v) is 17.2. The molecule has 0 aliphatic carbocycles. The Labute approximate surface area is 277 Å². The van der Waals surface area contributed by atoms with Crippen molar-refractivity contribution < 1.29 is 36.2 Å². The molecule has 1 aliphatic rings. The van der Waals surface area contributed by atoms with E-state index in [0.717, 1.165) is 21.0 Å². The first kappa shape index (κ1) is 37.8. The number of aromatic nitrogens is 2. The average molecular weight is 677 g/mol. The lowest BCUT2D eigenvalue weighted by molar-refractivity contribution is -0.224. The highest BCUT2D eigenvalue weighted by Gasteiger charge is 2.33. The summed E-state index contributed by atoms with van der Waals surface area (Å²) in [6.07, 6.45) is -2.66. The second-order valence-electron chi connectivity index (χ2n) is 11.6. The number of anilines is 1. The molecule has 0 radical (unpaired) electrons. The van der Waals surface area contributed by atoms with Crippen molar-refractivity contribution in [2.75, 3.05) is 37.9 Å². The monoisotopic (exact) mass is 676 g/mol. The summed E-state index contributed by atoms with van der Waals surface area (Å²) in [5.41, 5.74) is 3.22. The Morgan fingerprint density at radius 3 is 2.34 bits per heavy atom. The predicted molar refractivity (Wildman–Crippen MR) is 177 cm³/mol. The molecule has 1 aliphatic heterocycles. The molecule has 0 N–H and O–H groups in total. The first-order valence-electron chi connectivity index (χ1n) is 15.7. The Morgan fingerprint density at radius 1 is 1.06 bits per heavy atom. The summed E-state index contributed by atoms with van der Waals surface area (Å²) in [6.45, 7) is 11.9. The van der Waals surface area contributed by atoms with Crippen LogP contribution in [0.4, 0.5) is 14.7 Å². The van der Waals surface area contributed by atoms with Crippen LogP contribution in [0.5, 0.6) is 5.88 Å². The van der Waals surface area contributed by atoms with Gasteiger partial charge in [0.2, 0.25) is 11.8 Å². The van der Waals surface area contributed by atoms with E-state index < -0.39 is 34.8 Å². The predicted octanol–water partition coefficient (Wildman–Crippen LogP) is 6.85. The molecule has 1 amide bonds. The van der Waals surface area contributed by atoms with Gasteiger partial charge in [-0.3, -0.25) is 4.79 Å². The third-order valence-corrected chi connectivity index (χ3v) is 9.03. The summed E-state index contributed by atoms with van der Waals surface area (Å²) in [6, 6.07) is 12.6. The lowest BCUT2D eigenvalue weighted by atomic mass is 10.00. The van der Waals surface area contributed by atoms with Crippen molar-refractivity contribution in [2.45, 2.75) is 78.4 Å². The minimum Gasteiger partial charge on any atom is -0.475 e. The van der Waals surface area contributed by atoms with E-state index in [1.54, 1.807) is 11.0 Å². The van der Waals surface area contributed by atoms with Crippen LogP contribution in [0.25, 0.3) is 11.3 Å². The second-order valence-corrected chi connectivity index (χ2v) is 13.4. The highest BCUT2D eigenvalue weighted by Crippen LogP contribution is 2.32. The van der Waals surface area contributed by atoms with Gasteiger partial charge < -0.3 is 19.1 Å². The molecule has 4 rings (SSSR count). The van der Waals surface area contributed by atoms with Crippen LogP contribution in [0.1, 0.15) is 68.9 Å². The number of fused-ring (bicyclic) bond motifs is 4. The van der Waals surface area contributed by atoms with E-state index in [1.165, 1.54) is 31.4 Å². The molecule has 13 heteroatoms. The smallest absolute Gasteiger partial charge is 0.352 e. The van der Waals surface area contributed by atoms with Crippen LogP contribution >= 0.6 is 0 Å². The molecule has 0 spiro atoms. The molecule has 4 bridgehead atoms. The maximum atomic E-state index is 14.1. The Kier molecular flexibility index (Phi) is 13.2. The van der Waals surface area contributed by atoms with Gasteiger partial charge in [0.15, 0.2) is 0 Å². The molecular formula is C34H46F2N4O6S. The number of ether oxygens (including phenoxy) is 3. The fraction of sp³-hybridized carbons (Fsp3) is 0.500. The number of hydrogen-bond acceptors (Lipinski definition) is 8. The summed E-state index contributed by atoms with van der Waals surface area (Å²) >= 11 is 0. The fourth-order valence-corrected chi connectivity index (χ4v) is 6.65.